The number of nitrogens with one attached hydrogen (secondary N) is 2. The number of hydrogen-bond donors (Lipinski definition) is 3. The zero-order chi connectivity index (χ0) is 23.8. The smallest absolute Gasteiger partial charge is 0.367 e. The molecule has 0 bridgehead atoms. The zero-order valence-corrected chi connectivity index (χ0v) is 18.7. The summed E-state index contributed by atoms with van der Waals surface area (Å²) in [5, 5.41) is 6.48. The summed E-state index contributed by atoms with van der Waals surface area (Å²) in [5.41, 5.74) is 0.466. The van der Waals surface area contributed by atoms with Crippen LogP contribution in [0.2, 0.25) is 5.02 Å². The van der Waals surface area contributed by atoms with Gasteiger partial charge < -0.3 is 10.6 Å². The molecule has 33 heavy (non-hydrogen) atoms. The van der Waals surface area contributed by atoms with Crippen LogP contribution in [0.15, 0.2) is 42.5 Å². The molecular weight excluding hydrogens is 480 g/mol. The highest BCUT2D eigenvalue weighted by molar-refractivity contribution is 7.81. The van der Waals surface area contributed by atoms with Crippen molar-refractivity contribution in [3.8, 4) is 0 Å². The third-order valence-corrected chi connectivity index (χ3v) is 6.30. The molecule has 1 unspecified atom stereocenters. The van der Waals surface area contributed by atoms with Crippen molar-refractivity contribution in [3.05, 3.63) is 64.7 Å². The lowest BCUT2D eigenvalue weighted by Crippen LogP contribution is -2.47. The fourth-order valence-corrected chi connectivity index (χ4v) is 4.48. The fraction of sp³-hybridized carbons (Fsp3) is 0.318. The highest BCUT2D eigenvalue weighted by Crippen LogP contribution is 2.33. The van der Waals surface area contributed by atoms with Gasteiger partial charge in [-0.2, -0.15) is 25.8 Å². The van der Waals surface area contributed by atoms with Gasteiger partial charge in [-0.15, -0.1) is 0 Å². The van der Waals surface area contributed by atoms with Gasteiger partial charge in [-0.05, 0) is 61.7 Å². The molecule has 5 nitrogen and oxygen atoms in total. The number of anilines is 1. The first kappa shape index (κ1) is 23.6. The van der Waals surface area contributed by atoms with Crippen LogP contribution in [0.1, 0.15) is 35.4 Å². The lowest BCUT2D eigenvalue weighted by molar-refractivity contribution is -0.144. The Morgan fingerprint density at radius 3 is 2.48 bits per heavy atom. The van der Waals surface area contributed by atoms with E-state index in [1.54, 1.807) is 0 Å². The summed E-state index contributed by atoms with van der Waals surface area (Å²) in [5.74, 6) is -1.95. The van der Waals surface area contributed by atoms with E-state index in [-0.39, 0.29) is 34.6 Å². The molecule has 2 N–H and O–H groups in total. The van der Waals surface area contributed by atoms with Gasteiger partial charge in [0, 0.05) is 33.3 Å². The van der Waals surface area contributed by atoms with Crippen LogP contribution in [0.25, 0.3) is 10.9 Å². The maximum Gasteiger partial charge on any atom is 0.451 e. The van der Waals surface area contributed by atoms with Crippen LogP contribution in [0, 0.1) is 5.82 Å². The van der Waals surface area contributed by atoms with Gasteiger partial charge in [0.2, 0.25) is 5.82 Å². The standard InChI is InChI=1S/C22H19ClF4N4OS/c23-12-3-7-16-15(9-12)19(31-21(30-16)22(25,26)27)28-14-6-8-17(18(33)10-14)29-20(32)11-1-4-13(24)5-2-11/h1-5,7,9,14,17-18,33H,6,8,10H2,(H,29,32)(H,28,30,31)/t14-,17+,18?/m1/s1. The topological polar surface area (TPSA) is 66.9 Å². The lowest BCUT2D eigenvalue weighted by atomic mass is 9.90. The largest absolute Gasteiger partial charge is 0.451 e. The van der Waals surface area contributed by atoms with E-state index in [0.717, 1.165) is 0 Å². The summed E-state index contributed by atoms with van der Waals surface area (Å²) in [4.78, 5) is 19.8. The Balaban J connectivity index is 1.48. The number of fused-ring (bicyclic) bond motifs is 1. The number of nitrogens with zero attached hydrogens (tertiary/aromatic N) is 2. The average Bonchev–Trinajstić information content (AvgIpc) is 2.75. The second-order valence-electron chi connectivity index (χ2n) is 7.86. The summed E-state index contributed by atoms with van der Waals surface area (Å²) in [6, 6.07) is 9.16. The van der Waals surface area contributed by atoms with Gasteiger partial charge in [0.05, 0.1) is 5.52 Å². The van der Waals surface area contributed by atoms with E-state index < -0.39 is 17.8 Å². The number of rotatable bonds is 4. The molecule has 0 radical (unpaired) electrons. The molecule has 1 aromatic heterocycles. The van der Waals surface area contributed by atoms with E-state index in [2.05, 4.69) is 33.2 Å². The Morgan fingerprint density at radius 1 is 1.09 bits per heavy atom. The molecule has 1 heterocycles. The summed E-state index contributed by atoms with van der Waals surface area (Å²) in [7, 11) is 0. The van der Waals surface area contributed by atoms with Gasteiger partial charge >= 0.3 is 6.18 Å². The van der Waals surface area contributed by atoms with Gasteiger partial charge in [-0.3, -0.25) is 4.79 Å². The first-order valence-corrected chi connectivity index (χ1v) is 11.0. The summed E-state index contributed by atoms with van der Waals surface area (Å²) in [6.07, 6.45) is -3.10. The predicted octanol–water partition coefficient (Wildman–Crippen LogP) is 5.50. The lowest BCUT2D eigenvalue weighted by Gasteiger charge is -2.34. The first-order valence-electron chi connectivity index (χ1n) is 10.2. The average molecular weight is 499 g/mol. The normalized spacial score (nSPS) is 21.1. The van der Waals surface area contributed by atoms with Crippen LogP contribution in [-0.2, 0) is 6.18 Å². The molecule has 1 aliphatic carbocycles. The van der Waals surface area contributed by atoms with Crippen molar-refractivity contribution < 1.29 is 22.4 Å². The number of alkyl halides is 3. The molecule has 11 heteroatoms. The van der Waals surface area contributed by atoms with E-state index in [1.165, 1.54) is 42.5 Å². The van der Waals surface area contributed by atoms with Gasteiger partial charge in [0.1, 0.15) is 11.6 Å². The monoisotopic (exact) mass is 498 g/mol. The van der Waals surface area contributed by atoms with Crippen LogP contribution in [0.5, 0.6) is 0 Å². The molecule has 3 aromatic rings. The van der Waals surface area contributed by atoms with Crippen LogP contribution < -0.4 is 10.6 Å². The van der Waals surface area contributed by atoms with Crippen molar-refractivity contribution in [2.75, 3.05) is 5.32 Å². The second kappa shape index (κ2) is 9.34. The van der Waals surface area contributed by atoms with Crippen molar-refractivity contribution in [1.29, 1.82) is 0 Å². The number of halogens is 5. The molecular formula is C22H19ClF4N4OS. The number of thiol groups is 1. The molecule has 2 aromatic carbocycles. The maximum absolute atomic E-state index is 13.3. The molecule has 1 amide bonds. The Bertz CT molecular complexity index is 1180. The van der Waals surface area contributed by atoms with E-state index in [0.29, 0.717) is 35.2 Å². The van der Waals surface area contributed by atoms with E-state index in [1.807, 2.05) is 0 Å². The Hall–Kier alpha value is -2.59. The van der Waals surface area contributed by atoms with Gasteiger partial charge in [-0.25, -0.2) is 14.4 Å². The molecule has 3 atom stereocenters. The first-order chi connectivity index (χ1) is 15.6. The highest BCUT2D eigenvalue weighted by Gasteiger charge is 2.36. The van der Waals surface area contributed by atoms with Gasteiger partial charge in [0.25, 0.3) is 5.91 Å². The number of benzene rings is 2. The maximum atomic E-state index is 13.3. The number of hydrogen-bond acceptors (Lipinski definition) is 5. The van der Waals surface area contributed by atoms with Crippen molar-refractivity contribution >= 4 is 46.9 Å². The van der Waals surface area contributed by atoms with Crippen LogP contribution in [0.3, 0.4) is 0 Å². The van der Waals surface area contributed by atoms with Crippen molar-refractivity contribution in [2.45, 2.75) is 42.8 Å². The van der Waals surface area contributed by atoms with Crippen molar-refractivity contribution in [1.82, 2.24) is 15.3 Å². The summed E-state index contributed by atoms with van der Waals surface area (Å²) in [6.45, 7) is 0. The van der Waals surface area contributed by atoms with E-state index >= 15 is 0 Å². The molecule has 0 aliphatic heterocycles. The molecule has 0 saturated heterocycles. The molecule has 1 saturated carbocycles. The minimum atomic E-state index is -4.70. The number of aromatic nitrogens is 2. The Morgan fingerprint density at radius 2 is 1.82 bits per heavy atom. The van der Waals surface area contributed by atoms with Crippen molar-refractivity contribution in [2.24, 2.45) is 0 Å². The second-order valence-corrected chi connectivity index (χ2v) is 8.96. The fourth-order valence-electron chi connectivity index (χ4n) is 3.83. The zero-order valence-electron chi connectivity index (χ0n) is 17.0. The number of carbonyl (C=O) groups is 1. The van der Waals surface area contributed by atoms with Crippen LogP contribution >= 0.6 is 24.2 Å². The molecule has 174 valence electrons. The Labute approximate surface area is 197 Å². The predicted molar refractivity (Wildman–Crippen MR) is 121 cm³/mol. The highest BCUT2D eigenvalue weighted by atomic mass is 35.5. The molecule has 4 rings (SSSR count). The van der Waals surface area contributed by atoms with Gasteiger partial charge in [-0.1, -0.05) is 11.6 Å². The summed E-state index contributed by atoms with van der Waals surface area (Å²) >= 11 is 10.6. The van der Waals surface area contributed by atoms with E-state index in [9.17, 15) is 22.4 Å². The van der Waals surface area contributed by atoms with Crippen LogP contribution in [-0.4, -0.2) is 33.2 Å². The van der Waals surface area contributed by atoms with Crippen molar-refractivity contribution in [3.63, 3.8) is 0 Å². The SMILES string of the molecule is O=C(N[C@H]1CC[C@@H](Nc2nc(C(F)(F)F)nc3ccc(Cl)cc23)CC1S)c1ccc(F)cc1. The molecule has 1 fully saturated rings. The quantitative estimate of drug-likeness (QED) is 0.328. The number of amides is 1. The molecule has 1 aliphatic rings. The Kier molecular flexibility index (Phi) is 6.67. The summed E-state index contributed by atoms with van der Waals surface area (Å²) < 4.78 is 53.0. The minimum Gasteiger partial charge on any atom is -0.367 e. The van der Waals surface area contributed by atoms with E-state index in [4.69, 9.17) is 11.6 Å². The third kappa shape index (κ3) is 5.50. The third-order valence-electron chi connectivity index (χ3n) is 5.49. The van der Waals surface area contributed by atoms with Crippen LogP contribution in [0.4, 0.5) is 23.4 Å². The molecule has 0 spiro atoms. The van der Waals surface area contributed by atoms with Gasteiger partial charge in [0.15, 0.2) is 0 Å². The number of carbonyl (C=O) groups excluding carboxylic acids is 1. The minimum absolute atomic E-state index is 0.0501.